The van der Waals surface area contributed by atoms with E-state index in [4.69, 9.17) is 9.15 Å². The molecule has 0 aromatic carbocycles. The normalized spacial score (nSPS) is 15.0. The number of methoxy groups -OCH3 is 1. The molecule has 1 atom stereocenters. The van der Waals surface area contributed by atoms with E-state index in [1.807, 2.05) is 0 Å². The van der Waals surface area contributed by atoms with Crippen molar-refractivity contribution in [2.24, 2.45) is 0 Å². The molecule has 2 aromatic rings. The third kappa shape index (κ3) is 6.40. The fourth-order valence-electron chi connectivity index (χ4n) is 3.89. The fourth-order valence-corrected chi connectivity index (χ4v) is 3.89. The minimum Gasteiger partial charge on any atom is -0.459 e. The van der Waals surface area contributed by atoms with Crippen molar-refractivity contribution in [3.05, 3.63) is 54.2 Å². The Bertz CT molecular complexity index is 866. The molecule has 0 saturated heterocycles. The molecule has 3 rings (SSSR count). The molecule has 9 nitrogen and oxygen atoms in total. The smallest absolute Gasteiger partial charge is 0.287 e. The lowest BCUT2D eigenvalue weighted by atomic mass is 9.94. The number of furan rings is 1. The molecule has 32 heavy (non-hydrogen) atoms. The highest BCUT2D eigenvalue weighted by molar-refractivity contribution is 5.95. The Labute approximate surface area is 187 Å². The van der Waals surface area contributed by atoms with Crippen LogP contribution in [0.5, 0.6) is 0 Å². The van der Waals surface area contributed by atoms with Crippen molar-refractivity contribution in [1.29, 1.82) is 0 Å². The van der Waals surface area contributed by atoms with Gasteiger partial charge in [-0.05, 0) is 42.7 Å². The molecule has 2 aromatic heterocycles. The number of nitrogens with zero attached hydrogens (tertiary/aromatic N) is 2. The predicted octanol–water partition coefficient (Wildman–Crippen LogP) is 2.07. The number of rotatable bonds is 10. The Kier molecular flexibility index (Phi) is 8.79. The van der Waals surface area contributed by atoms with Crippen LogP contribution in [0.4, 0.5) is 0 Å². The molecule has 3 amide bonds. The van der Waals surface area contributed by atoms with Gasteiger partial charge in [-0.2, -0.15) is 0 Å². The van der Waals surface area contributed by atoms with E-state index in [1.165, 1.54) is 30.8 Å². The van der Waals surface area contributed by atoms with Gasteiger partial charge in [0.15, 0.2) is 5.76 Å². The summed E-state index contributed by atoms with van der Waals surface area (Å²) in [6.45, 7) is 0.161. The topological polar surface area (TPSA) is 114 Å². The zero-order chi connectivity index (χ0) is 22.8. The van der Waals surface area contributed by atoms with Crippen molar-refractivity contribution < 1.29 is 23.5 Å². The van der Waals surface area contributed by atoms with Crippen LogP contribution in [-0.4, -0.2) is 60.5 Å². The molecule has 0 aliphatic heterocycles. The summed E-state index contributed by atoms with van der Waals surface area (Å²) in [5.74, 6) is -1.03. The first-order valence-electron chi connectivity index (χ1n) is 10.9. The Balaban J connectivity index is 1.78. The third-order valence-corrected chi connectivity index (χ3v) is 5.54. The van der Waals surface area contributed by atoms with Crippen molar-refractivity contribution >= 4 is 17.7 Å². The van der Waals surface area contributed by atoms with E-state index in [0.717, 1.165) is 25.7 Å². The lowest BCUT2D eigenvalue weighted by Crippen LogP contribution is -2.50. The minimum absolute atomic E-state index is 0.0959. The van der Waals surface area contributed by atoms with Gasteiger partial charge in [-0.3, -0.25) is 19.4 Å². The lowest BCUT2D eigenvalue weighted by molar-refractivity contribution is -0.141. The molecule has 1 fully saturated rings. The molecule has 1 saturated carbocycles. The number of nitrogens with one attached hydrogen (secondary N) is 2. The van der Waals surface area contributed by atoms with Gasteiger partial charge >= 0.3 is 0 Å². The summed E-state index contributed by atoms with van der Waals surface area (Å²) < 4.78 is 10.2. The molecule has 0 bridgehead atoms. The maximum absolute atomic E-state index is 13.4. The molecule has 2 N–H and O–H groups in total. The molecule has 0 unspecified atom stereocenters. The summed E-state index contributed by atoms with van der Waals surface area (Å²) in [6, 6.07) is 5.79. The summed E-state index contributed by atoms with van der Waals surface area (Å²) in [7, 11) is 1.53. The molecule has 9 heteroatoms. The van der Waals surface area contributed by atoms with Gasteiger partial charge in [0.05, 0.1) is 19.4 Å². The molecule has 1 aliphatic carbocycles. The van der Waals surface area contributed by atoms with Crippen LogP contribution in [-0.2, 0) is 14.3 Å². The Morgan fingerprint density at radius 3 is 2.59 bits per heavy atom. The highest BCUT2D eigenvalue weighted by atomic mass is 16.5. The van der Waals surface area contributed by atoms with Gasteiger partial charge in [0.25, 0.3) is 5.91 Å². The first-order chi connectivity index (χ1) is 15.6. The minimum atomic E-state index is -0.858. The molecule has 172 valence electrons. The average molecular weight is 443 g/mol. The highest BCUT2D eigenvalue weighted by Crippen LogP contribution is 2.23. The third-order valence-electron chi connectivity index (χ3n) is 5.54. The van der Waals surface area contributed by atoms with Gasteiger partial charge in [-0.1, -0.05) is 19.3 Å². The number of pyridine rings is 1. The average Bonchev–Trinajstić information content (AvgIpc) is 3.36. The van der Waals surface area contributed by atoms with E-state index in [9.17, 15) is 14.4 Å². The van der Waals surface area contributed by atoms with Gasteiger partial charge in [0.1, 0.15) is 6.04 Å². The molecular weight excluding hydrogens is 412 g/mol. The lowest BCUT2D eigenvalue weighted by Gasteiger charge is -2.33. The number of carbonyl (C=O) groups is 3. The van der Waals surface area contributed by atoms with Crippen LogP contribution in [0.3, 0.4) is 0 Å². The van der Waals surface area contributed by atoms with Crippen LogP contribution in [0, 0.1) is 0 Å². The monoisotopic (exact) mass is 442 g/mol. The number of ether oxygens (including phenoxy) is 1. The van der Waals surface area contributed by atoms with Crippen LogP contribution in [0.2, 0.25) is 0 Å². The van der Waals surface area contributed by atoms with E-state index in [-0.39, 0.29) is 37.4 Å². The van der Waals surface area contributed by atoms with Gasteiger partial charge < -0.3 is 24.7 Å². The predicted molar refractivity (Wildman–Crippen MR) is 117 cm³/mol. The van der Waals surface area contributed by atoms with Crippen LogP contribution in [0.15, 0.2) is 47.3 Å². The van der Waals surface area contributed by atoms with Gasteiger partial charge in [0, 0.05) is 32.1 Å². The number of hydrogen-bond acceptors (Lipinski definition) is 6. The second kappa shape index (κ2) is 12.0. The summed E-state index contributed by atoms with van der Waals surface area (Å²) >= 11 is 0. The zero-order valence-electron chi connectivity index (χ0n) is 18.3. The van der Waals surface area contributed by atoms with E-state index in [1.54, 1.807) is 30.6 Å². The number of carbonyl (C=O) groups excluding carboxylic acids is 3. The maximum atomic E-state index is 13.4. The fraction of sp³-hybridized carbons (Fsp3) is 0.478. The van der Waals surface area contributed by atoms with Gasteiger partial charge in [-0.15, -0.1) is 0 Å². The summed E-state index contributed by atoms with van der Waals surface area (Å²) in [5.41, 5.74) is 0.648. The Morgan fingerprint density at radius 1 is 1.19 bits per heavy atom. The maximum Gasteiger partial charge on any atom is 0.287 e. The second-order valence-corrected chi connectivity index (χ2v) is 7.77. The van der Waals surface area contributed by atoms with Gasteiger partial charge in [-0.25, -0.2) is 0 Å². The van der Waals surface area contributed by atoms with Crippen molar-refractivity contribution in [2.75, 3.05) is 26.8 Å². The number of hydrogen-bond donors (Lipinski definition) is 2. The van der Waals surface area contributed by atoms with Crippen LogP contribution < -0.4 is 10.6 Å². The Morgan fingerprint density at radius 2 is 1.94 bits per heavy atom. The molecule has 2 heterocycles. The molecular formula is C23H30N4O5. The largest absolute Gasteiger partial charge is 0.459 e. The van der Waals surface area contributed by atoms with Crippen molar-refractivity contribution in [1.82, 2.24) is 20.5 Å². The Hall–Kier alpha value is -3.20. The van der Waals surface area contributed by atoms with E-state index < -0.39 is 17.9 Å². The second-order valence-electron chi connectivity index (χ2n) is 7.77. The number of aromatic nitrogens is 1. The van der Waals surface area contributed by atoms with E-state index in [2.05, 4.69) is 15.6 Å². The molecule has 0 radical (unpaired) electrons. The number of amides is 3. The summed E-state index contributed by atoms with van der Waals surface area (Å²) in [6.07, 6.45) is 9.76. The van der Waals surface area contributed by atoms with Crippen LogP contribution >= 0.6 is 0 Å². The summed E-state index contributed by atoms with van der Waals surface area (Å²) in [4.78, 5) is 44.2. The molecule has 1 aliphatic rings. The summed E-state index contributed by atoms with van der Waals surface area (Å²) in [5, 5.41) is 5.68. The van der Waals surface area contributed by atoms with Crippen molar-refractivity contribution in [2.45, 2.75) is 44.2 Å². The van der Waals surface area contributed by atoms with E-state index in [0.29, 0.717) is 5.56 Å². The van der Waals surface area contributed by atoms with Crippen molar-refractivity contribution in [3.8, 4) is 0 Å². The van der Waals surface area contributed by atoms with Crippen LogP contribution in [0.1, 0.15) is 54.3 Å². The highest BCUT2D eigenvalue weighted by Gasteiger charge is 2.32. The SMILES string of the molecule is COCCN(C(=O)CNC(=O)c1ccco1)[C@@H](C(=O)NC1CCCCC1)c1ccncc1. The van der Waals surface area contributed by atoms with Crippen LogP contribution in [0.25, 0.3) is 0 Å². The van der Waals surface area contributed by atoms with Gasteiger partial charge in [0.2, 0.25) is 11.8 Å². The quantitative estimate of drug-likeness (QED) is 0.582. The standard InChI is InChI=1S/C23H30N4O5/c1-31-15-13-27(20(28)16-25-22(29)19-8-5-14-32-19)21(17-9-11-24-12-10-17)23(30)26-18-6-3-2-4-7-18/h5,8-12,14,18,21H,2-4,6-7,13,15-16H2,1H3,(H,25,29)(H,26,30)/t21-/m1/s1. The first-order valence-corrected chi connectivity index (χ1v) is 10.9. The molecule has 0 spiro atoms. The van der Waals surface area contributed by atoms with Crippen molar-refractivity contribution in [3.63, 3.8) is 0 Å². The van der Waals surface area contributed by atoms with E-state index >= 15 is 0 Å². The first kappa shape index (κ1) is 23.5. The zero-order valence-corrected chi connectivity index (χ0v) is 18.3.